The third kappa shape index (κ3) is 4.29. The molecule has 1 atom stereocenters. The van der Waals surface area contributed by atoms with Gasteiger partial charge in [0.15, 0.2) is 16.6 Å². The minimum absolute atomic E-state index is 0.129. The van der Waals surface area contributed by atoms with E-state index in [0.717, 1.165) is 24.1 Å². The average molecular weight is 428 g/mol. The first-order valence-electron chi connectivity index (χ1n) is 9.56. The van der Waals surface area contributed by atoms with Crippen LogP contribution in [0.1, 0.15) is 24.5 Å². The first kappa shape index (κ1) is 20.3. The molecule has 8 heteroatoms. The lowest BCUT2D eigenvalue weighted by molar-refractivity contribution is -0.117. The molecule has 1 aliphatic rings. The van der Waals surface area contributed by atoms with Crippen molar-refractivity contribution in [3.63, 3.8) is 0 Å². The summed E-state index contributed by atoms with van der Waals surface area (Å²) in [6, 6.07) is 9.76. The number of amides is 1. The highest BCUT2D eigenvalue weighted by Crippen LogP contribution is 2.41. The summed E-state index contributed by atoms with van der Waals surface area (Å²) in [6.45, 7) is 2.73. The molecule has 0 aliphatic carbocycles. The lowest BCUT2D eigenvalue weighted by Crippen LogP contribution is -2.47. The topological polar surface area (TPSA) is 72.5 Å². The van der Waals surface area contributed by atoms with E-state index in [4.69, 9.17) is 9.47 Å². The van der Waals surface area contributed by atoms with Gasteiger partial charge in [-0.1, -0.05) is 6.07 Å². The van der Waals surface area contributed by atoms with Gasteiger partial charge in [-0.2, -0.15) is 0 Å². The molecule has 4 rings (SSSR count). The quantitative estimate of drug-likeness (QED) is 0.607. The van der Waals surface area contributed by atoms with E-state index < -0.39 is 5.54 Å². The summed E-state index contributed by atoms with van der Waals surface area (Å²) in [7, 11) is 1.57. The van der Waals surface area contributed by atoms with Crippen LogP contribution in [0.2, 0.25) is 0 Å². The van der Waals surface area contributed by atoms with Crippen molar-refractivity contribution in [1.29, 1.82) is 0 Å². The van der Waals surface area contributed by atoms with Crippen LogP contribution in [0.25, 0.3) is 0 Å². The molecule has 0 bridgehead atoms. The van der Waals surface area contributed by atoms with Gasteiger partial charge >= 0.3 is 0 Å². The second-order valence-corrected chi connectivity index (χ2v) is 8.19. The van der Waals surface area contributed by atoms with Gasteiger partial charge in [-0.3, -0.25) is 4.79 Å². The average Bonchev–Trinajstić information content (AvgIpc) is 3.21. The minimum atomic E-state index is -0.596. The predicted octanol–water partition coefficient (Wildman–Crippen LogP) is 4.47. The van der Waals surface area contributed by atoms with Gasteiger partial charge in [-0.25, -0.2) is 9.37 Å². The monoisotopic (exact) mass is 427 g/mol. The van der Waals surface area contributed by atoms with Crippen LogP contribution in [0.15, 0.2) is 48.0 Å². The number of ether oxygens (including phenoxy) is 2. The van der Waals surface area contributed by atoms with Crippen molar-refractivity contribution in [2.75, 3.05) is 19.0 Å². The van der Waals surface area contributed by atoms with Gasteiger partial charge in [0.25, 0.3) is 0 Å². The Morgan fingerprint density at radius 3 is 2.93 bits per heavy atom. The van der Waals surface area contributed by atoms with Crippen LogP contribution in [0.4, 0.5) is 9.52 Å². The van der Waals surface area contributed by atoms with Crippen LogP contribution in [0.5, 0.6) is 17.2 Å². The van der Waals surface area contributed by atoms with Crippen molar-refractivity contribution in [1.82, 2.24) is 10.3 Å². The van der Waals surface area contributed by atoms with Crippen LogP contribution in [-0.4, -0.2) is 24.5 Å². The SMILES string of the molecule is COc1cc2c(cc1Oc1cccc(F)c1)C(C)(CC(=O)Nc1nccs1)NCC2. The van der Waals surface area contributed by atoms with Crippen molar-refractivity contribution in [2.24, 2.45) is 0 Å². The van der Waals surface area contributed by atoms with Crippen LogP contribution in [0.3, 0.4) is 0 Å². The Morgan fingerprint density at radius 1 is 1.33 bits per heavy atom. The Hall–Kier alpha value is -2.97. The molecule has 1 amide bonds. The van der Waals surface area contributed by atoms with Gasteiger partial charge in [-0.15, -0.1) is 11.3 Å². The molecule has 0 spiro atoms. The third-order valence-electron chi connectivity index (χ3n) is 5.11. The number of methoxy groups -OCH3 is 1. The molecular weight excluding hydrogens is 405 g/mol. The van der Waals surface area contributed by atoms with Gasteiger partial charge in [0.1, 0.15) is 11.6 Å². The number of halogens is 1. The van der Waals surface area contributed by atoms with E-state index in [2.05, 4.69) is 15.6 Å². The minimum Gasteiger partial charge on any atom is -0.493 e. The summed E-state index contributed by atoms with van der Waals surface area (Å²) in [5.74, 6) is 0.901. The van der Waals surface area contributed by atoms with Crippen LogP contribution >= 0.6 is 11.3 Å². The number of hydrogen-bond acceptors (Lipinski definition) is 6. The summed E-state index contributed by atoms with van der Waals surface area (Å²) < 4.78 is 25.0. The molecule has 3 aromatic rings. The van der Waals surface area contributed by atoms with Crippen molar-refractivity contribution in [2.45, 2.75) is 25.3 Å². The molecule has 0 radical (unpaired) electrons. The van der Waals surface area contributed by atoms with E-state index in [1.54, 1.807) is 25.4 Å². The highest BCUT2D eigenvalue weighted by atomic mass is 32.1. The van der Waals surface area contributed by atoms with Gasteiger partial charge in [-0.05, 0) is 48.7 Å². The lowest BCUT2D eigenvalue weighted by Gasteiger charge is -2.37. The smallest absolute Gasteiger partial charge is 0.228 e. The van der Waals surface area contributed by atoms with Crippen molar-refractivity contribution >= 4 is 22.4 Å². The van der Waals surface area contributed by atoms with Crippen LogP contribution in [0, 0.1) is 5.82 Å². The van der Waals surface area contributed by atoms with E-state index in [9.17, 15) is 9.18 Å². The van der Waals surface area contributed by atoms with Crippen LogP contribution in [-0.2, 0) is 16.8 Å². The molecule has 2 aromatic carbocycles. The molecular formula is C22H22FN3O3S. The highest BCUT2D eigenvalue weighted by molar-refractivity contribution is 7.13. The van der Waals surface area contributed by atoms with E-state index in [-0.39, 0.29) is 18.1 Å². The van der Waals surface area contributed by atoms with Gasteiger partial charge in [0.05, 0.1) is 7.11 Å². The van der Waals surface area contributed by atoms with Gasteiger partial charge < -0.3 is 20.1 Å². The second kappa shape index (κ2) is 8.41. The number of carbonyl (C=O) groups excluding carboxylic acids is 1. The molecule has 0 saturated heterocycles. The number of anilines is 1. The Morgan fingerprint density at radius 2 is 2.20 bits per heavy atom. The van der Waals surface area contributed by atoms with Crippen molar-refractivity contribution < 1.29 is 18.7 Å². The molecule has 2 N–H and O–H groups in total. The Balaban J connectivity index is 1.64. The number of thiazole rings is 1. The molecule has 1 unspecified atom stereocenters. The Kier molecular flexibility index (Phi) is 5.69. The van der Waals surface area contributed by atoms with E-state index >= 15 is 0 Å². The molecule has 0 fully saturated rings. The van der Waals surface area contributed by atoms with E-state index in [1.165, 1.54) is 23.5 Å². The van der Waals surface area contributed by atoms with Gasteiger partial charge in [0, 0.05) is 36.1 Å². The number of carbonyl (C=O) groups is 1. The summed E-state index contributed by atoms with van der Waals surface area (Å²) in [5.41, 5.74) is 1.44. The fraction of sp³-hybridized carbons (Fsp3) is 0.273. The first-order chi connectivity index (χ1) is 14.5. The fourth-order valence-electron chi connectivity index (χ4n) is 3.72. The number of hydrogen-bond donors (Lipinski definition) is 2. The molecule has 30 heavy (non-hydrogen) atoms. The third-order valence-corrected chi connectivity index (χ3v) is 5.80. The molecule has 1 aliphatic heterocycles. The van der Waals surface area contributed by atoms with Crippen LogP contribution < -0.4 is 20.1 Å². The zero-order valence-electron chi connectivity index (χ0n) is 16.7. The fourth-order valence-corrected chi connectivity index (χ4v) is 4.26. The maximum Gasteiger partial charge on any atom is 0.228 e. The van der Waals surface area contributed by atoms with Crippen molar-refractivity contribution in [3.8, 4) is 17.2 Å². The maximum absolute atomic E-state index is 13.6. The number of benzene rings is 2. The van der Waals surface area contributed by atoms with E-state index in [1.807, 2.05) is 24.4 Å². The number of fused-ring (bicyclic) bond motifs is 1. The lowest BCUT2D eigenvalue weighted by atomic mass is 9.81. The molecule has 6 nitrogen and oxygen atoms in total. The second-order valence-electron chi connectivity index (χ2n) is 7.29. The van der Waals surface area contributed by atoms with Crippen molar-refractivity contribution in [3.05, 3.63) is 64.9 Å². The molecule has 156 valence electrons. The number of nitrogens with zero attached hydrogens (tertiary/aromatic N) is 1. The largest absolute Gasteiger partial charge is 0.493 e. The number of nitrogens with one attached hydrogen (secondary N) is 2. The summed E-state index contributed by atoms with van der Waals surface area (Å²) >= 11 is 1.38. The number of aromatic nitrogens is 1. The maximum atomic E-state index is 13.6. The zero-order chi connectivity index (χ0) is 21.1. The predicted molar refractivity (Wildman–Crippen MR) is 114 cm³/mol. The Labute approximate surface area is 178 Å². The summed E-state index contributed by atoms with van der Waals surface area (Å²) in [4.78, 5) is 16.8. The zero-order valence-corrected chi connectivity index (χ0v) is 17.5. The van der Waals surface area contributed by atoms with E-state index in [0.29, 0.717) is 22.4 Å². The summed E-state index contributed by atoms with van der Waals surface area (Å²) in [6.07, 6.45) is 2.68. The standard InChI is InChI=1S/C22H22FN3O3S/c1-22(13-20(27)26-21-24-8-9-30-21)17-12-19(29-16-5-3-4-15(23)11-16)18(28-2)10-14(17)6-7-25-22/h3-5,8-12,25H,6-7,13H2,1-2H3,(H,24,26,27). The summed E-state index contributed by atoms with van der Waals surface area (Å²) in [5, 5.41) is 8.69. The molecule has 0 saturated carbocycles. The highest BCUT2D eigenvalue weighted by Gasteiger charge is 2.35. The molecule has 2 heterocycles. The normalized spacial score (nSPS) is 17.8. The first-order valence-corrected chi connectivity index (χ1v) is 10.4. The number of rotatable bonds is 6. The molecule has 1 aromatic heterocycles. The Bertz CT molecular complexity index is 1060. The van der Waals surface area contributed by atoms with Gasteiger partial charge in [0.2, 0.25) is 5.91 Å².